The van der Waals surface area contributed by atoms with Gasteiger partial charge in [0.25, 0.3) is 0 Å². The number of carbonyl (C=O) groups is 2. The zero-order valence-electron chi connectivity index (χ0n) is 16.4. The lowest BCUT2D eigenvalue weighted by Gasteiger charge is -2.19. The summed E-state index contributed by atoms with van der Waals surface area (Å²) < 4.78 is 31.9. The number of hydrogen-bond acceptors (Lipinski definition) is 5. The summed E-state index contributed by atoms with van der Waals surface area (Å²) in [6.07, 6.45) is 0.311. The lowest BCUT2D eigenvalue weighted by Crippen LogP contribution is -2.27. The molecule has 0 bridgehead atoms. The highest BCUT2D eigenvalue weighted by molar-refractivity contribution is 9.10. The van der Waals surface area contributed by atoms with Gasteiger partial charge in [0.2, 0.25) is 11.8 Å². The average Bonchev–Trinajstić information content (AvgIpc) is 3.10. The van der Waals surface area contributed by atoms with E-state index in [2.05, 4.69) is 21.2 Å². The van der Waals surface area contributed by atoms with Gasteiger partial charge in [-0.15, -0.1) is 0 Å². The largest absolute Gasteiger partial charge is 0.495 e. The minimum atomic E-state index is -3.83. The quantitative estimate of drug-likeness (QED) is 0.631. The molecule has 2 aromatic carbocycles. The second-order valence-corrected chi connectivity index (χ2v) is 10.2. The summed E-state index contributed by atoms with van der Waals surface area (Å²) in [5.41, 5.74) is 1.55. The molecule has 0 radical (unpaired) electrons. The van der Waals surface area contributed by atoms with Crippen LogP contribution in [0.15, 0.2) is 39.7 Å². The average molecular weight is 516 g/mol. The van der Waals surface area contributed by atoms with Crippen LogP contribution in [0.25, 0.3) is 0 Å². The van der Waals surface area contributed by atoms with Gasteiger partial charge in [-0.05, 0) is 42.3 Å². The van der Waals surface area contributed by atoms with E-state index in [1.807, 2.05) is 6.07 Å². The topological polar surface area (TPSA) is 92.8 Å². The van der Waals surface area contributed by atoms with Gasteiger partial charge in [-0.2, -0.15) is 0 Å². The maximum atomic E-state index is 13.1. The number of halogens is 2. The van der Waals surface area contributed by atoms with Gasteiger partial charge in [-0.25, -0.2) is 8.42 Å². The molecule has 0 aromatic heterocycles. The van der Waals surface area contributed by atoms with Crippen LogP contribution >= 0.6 is 27.5 Å². The Labute approximate surface area is 188 Å². The highest BCUT2D eigenvalue weighted by atomic mass is 79.9. The molecule has 1 aliphatic rings. The standard InChI is InChI=1S/C20H20BrClN2O5S/c1-12(25)24-7-5-13-9-14(21)10-18(20(13)24)30(27,28)8-6-19(26)23-16-11-15(22)3-4-17(16)29-2/h3-4,9-11H,5-8H2,1-2H3,(H,23,26). The lowest BCUT2D eigenvalue weighted by molar-refractivity contribution is -0.117. The molecule has 1 N–H and O–H groups in total. The molecular weight excluding hydrogens is 496 g/mol. The van der Waals surface area contributed by atoms with E-state index in [0.717, 1.165) is 5.56 Å². The van der Waals surface area contributed by atoms with Gasteiger partial charge >= 0.3 is 0 Å². The Morgan fingerprint density at radius 1 is 1.27 bits per heavy atom. The molecule has 3 rings (SSSR count). The molecule has 0 saturated heterocycles. The molecule has 1 heterocycles. The normalized spacial score (nSPS) is 13.1. The second-order valence-electron chi connectivity index (χ2n) is 6.79. The van der Waals surface area contributed by atoms with E-state index >= 15 is 0 Å². The van der Waals surface area contributed by atoms with Crippen molar-refractivity contribution in [3.8, 4) is 5.75 Å². The van der Waals surface area contributed by atoms with Crippen LogP contribution in [0.1, 0.15) is 18.9 Å². The molecule has 1 aliphatic heterocycles. The van der Waals surface area contributed by atoms with Crippen molar-refractivity contribution < 1.29 is 22.7 Å². The Morgan fingerprint density at radius 3 is 2.67 bits per heavy atom. The minimum absolute atomic E-state index is 0.0488. The zero-order valence-corrected chi connectivity index (χ0v) is 19.5. The molecule has 0 atom stereocenters. The van der Waals surface area contributed by atoms with Crippen molar-refractivity contribution in [3.05, 3.63) is 45.4 Å². The third kappa shape index (κ3) is 4.79. The molecule has 2 aromatic rings. The summed E-state index contributed by atoms with van der Waals surface area (Å²) in [5.74, 6) is -0.707. The van der Waals surface area contributed by atoms with Crippen LogP contribution in [0.5, 0.6) is 5.75 Å². The van der Waals surface area contributed by atoms with Crippen LogP contribution < -0.4 is 15.0 Å². The lowest BCUT2D eigenvalue weighted by atomic mass is 10.2. The SMILES string of the molecule is COc1ccc(Cl)cc1NC(=O)CCS(=O)(=O)c1cc(Br)cc2c1N(C(C)=O)CC2. The van der Waals surface area contributed by atoms with Crippen molar-refractivity contribution in [2.75, 3.05) is 29.6 Å². The summed E-state index contributed by atoms with van der Waals surface area (Å²) in [5, 5.41) is 3.04. The number of anilines is 2. The molecule has 2 amide bonds. The van der Waals surface area contributed by atoms with Crippen LogP contribution in [0.4, 0.5) is 11.4 Å². The number of hydrogen-bond donors (Lipinski definition) is 1. The summed E-state index contributed by atoms with van der Waals surface area (Å²) in [7, 11) is -2.37. The van der Waals surface area contributed by atoms with E-state index in [4.69, 9.17) is 16.3 Å². The van der Waals surface area contributed by atoms with Crippen LogP contribution in [0, 0.1) is 0 Å². The molecule has 7 nitrogen and oxygen atoms in total. The van der Waals surface area contributed by atoms with Gasteiger partial charge in [-0.1, -0.05) is 27.5 Å². The van der Waals surface area contributed by atoms with E-state index in [0.29, 0.717) is 39.6 Å². The van der Waals surface area contributed by atoms with Crippen molar-refractivity contribution in [2.24, 2.45) is 0 Å². The fourth-order valence-corrected chi connectivity index (χ4v) is 5.69. The van der Waals surface area contributed by atoms with Crippen molar-refractivity contribution in [1.82, 2.24) is 0 Å². The van der Waals surface area contributed by atoms with Gasteiger partial charge < -0.3 is 15.0 Å². The molecule has 0 unspecified atom stereocenters. The molecule has 0 aliphatic carbocycles. The summed E-state index contributed by atoms with van der Waals surface area (Å²) in [6, 6.07) is 8.05. The highest BCUT2D eigenvalue weighted by Gasteiger charge is 2.31. The smallest absolute Gasteiger partial charge is 0.225 e. The molecule has 0 fully saturated rings. The molecule has 0 spiro atoms. The monoisotopic (exact) mass is 514 g/mol. The van der Waals surface area contributed by atoms with Crippen LogP contribution in [-0.4, -0.2) is 39.6 Å². The maximum Gasteiger partial charge on any atom is 0.225 e. The first-order valence-corrected chi connectivity index (χ1v) is 11.9. The fourth-order valence-electron chi connectivity index (χ4n) is 3.35. The van der Waals surface area contributed by atoms with Crippen LogP contribution in [0.3, 0.4) is 0 Å². The molecule has 0 saturated carbocycles. The third-order valence-corrected chi connectivity index (χ3v) is 7.16. The van der Waals surface area contributed by atoms with E-state index in [-0.39, 0.29) is 17.2 Å². The Balaban J connectivity index is 1.81. The van der Waals surface area contributed by atoms with Crippen LogP contribution in [0.2, 0.25) is 5.02 Å². The van der Waals surface area contributed by atoms with Crippen molar-refractivity contribution in [2.45, 2.75) is 24.7 Å². The summed E-state index contributed by atoms with van der Waals surface area (Å²) in [4.78, 5) is 25.9. The van der Waals surface area contributed by atoms with Crippen molar-refractivity contribution >= 4 is 60.6 Å². The van der Waals surface area contributed by atoms with Crippen LogP contribution in [-0.2, 0) is 25.8 Å². The van der Waals surface area contributed by atoms with Gasteiger partial charge in [-0.3, -0.25) is 9.59 Å². The number of rotatable bonds is 6. The molecular formula is C20H20BrClN2O5S. The second kappa shape index (κ2) is 8.95. The number of nitrogens with one attached hydrogen (secondary N) is 1. The number of amides is 2. The number of fused-ring (bicyclic) bond motifs is 1. The predicted octanol–water partition coefficient (Wildman–Crippen LogP) is 3.82. The van der Waals surface area contributed by atoms with E-state index < -0.39 is 21.5 Å². The number of methoxy groups -OCH3 is 1. The fraction of sp³-hybridized carbons (Fsp3) is 0.300. The van der Waals surface area contributed by atoms with E-state index in [9.17, 15) is 18.0 Å². The number of benzene rings is 2. The molecule has 10 heteroatoms. The minimum Gasteiger partial charge on any atom is -0.495 e. The Kier molecular flexibility index (Phi) is 6.74. The maximum absolute atomic E-state index is 13.1. The number of sulfone groups is 1. The first-order valence-electron chi connectivity index (χ1n) is 9.09. The van der Waals surface area contributed by atoms with Crippen molar-refractivity contribution in [1.29, 1.82) is 0 Å². The van der Waals surface area contributed by atoms with E-state index in [1.165, 1.54) is 31.1 Å². The summed E-state index contributed by atoms with van der Waals surface area (Å²) in [6.45, 7) is 1.83. The van der Waals surface area contributed by atoms with E-state index in [1.54, 1.807) is 12.1 Å². The Bertz CT molecular complexity index is 1120. The Morgan fingerprint density at radius 2 is 2.00 bits per heavy atom. The van der Waals surface area contributed by atoms with Gasteiger partial charge in [0, 0.05) is 29.4 Å². The van der Waals surface area contributed by atoms with Crippen molar-refractivity contribution in [3.63, 3.8) is 0 Å². The predicted molar refractivity (Wildman–Crippen MR) is 119 cm³/mol. The number of nitrogens with zero attached hydrogens (tertiary/aromatic N) is 1. The van der Waals surface area contributed by atoms with Gasteiger partial charge in [0.15, 0.2) is 9.84 Å². The summed E-state index contributed by atoms with van der Waals surface area (Å²) >= 11 is 9.29. The Hall–Kier alpha value is -2.10. The zero-order chi connectivity index (χ0) is 22.1. The molecule has 30 heavy (non-hydrogen) atoms. The number of carbonyl (C=O) groups excluding carboxylic acids is 2. The third-order valence-electron chi connectivity index (χ3n) is 4.74. The first-order chi connectivity index (χ1) is 14.1. The van der Waals surface area contributed by atoms with Gasteiger partial charge in [0.05, 0.1) is 29.1 Å². The number of ether oxygens (including phenoxy) is 1. The van der Waals surface area contributed by atoms with Gasteiger partial charge in [0.1, 0.15) is 5.75 Å². The molecule has 160 valence electrons. The first kappa shape index (κ1) is 22.6. The highest BCUT2D eigenvalue weighted by Crippen LogP contribution is 2.38.